The molecule has 1 aliphatic rings. The first-order chi connectivity index (χ1) is 9.22. The lowest BCUT2D eigenvalue weighted by Gasteiger charge is -2.20. The molecule has 1 heterocycles. The predicted molar refractivity (Wildman–Crippen MR) is 71.0 cm³/mol. The van der Waals surface area contributed by atoms with Crippen LogP contribution in [0.3, 0.4) is 0 Å². The molecule has 1 N–H and O–H groups in total. The molecule has 19 heavy (non-hydrogen) atoms. The van der Waals surface area contributed by atoms with Crippen LogP contribution in [0.25, 0.3) is 0 Å². The van der Waals surface area contributed by atoms with Gasteiger partial charge in [-0.15, -0.1) is 0 Å². The van der Waals surface area contributed by atoms with E-state index >= 15 is 0 Å². The Kier molecular flexibility index (Phi) is 4.63. The molecule has 5 nitrogen and oxygen atoms in total. The number of rotatable bonds is 5. The fourth-order valence-corrected chi connectivity index (χ4v) is 1.95. The number of hydrogen-bond donors (Lipinski definition) is 1. The number of fused-ring (bicyclic) bond motifs is 1. The number of carbonyl (C=O) groups excluding carboxylic acids is 1. The van der Waals surface area contributed by atoms with Gasteiger partial charge in [-0.25, -0.2) is 0 Å². The smallest absolute Gasteiger partial charge is 0.251 e. The van der Waals surface area contributed by atoms with E-state index in [0.29, 0.717) is 43.4 Å². The summed E-state index contributed by atoms with van der Waals surface area (Å²) in [6, 6.07) is 3.59. The molecular weight excluding hydrogens is 246 g/mol. The quantitative estimate of drug-likeness (QED) is 0.820. The van der Waals surface area contributed by atoms with E-state index in [0.717, 1.165) is 12.0 Å². The van der Waals surface area contributed by atoms with E-state index in [9.17, 15) is 4.79 Å². The molecule has 0 aliphatic carbocycles. The van der Waals surface area contributed by atoms with Crippen molar-refractivity contribution < 1.29 is 19.0 Å². The fourth-order valence-electron chi connectivity index (χ4n) is 1.95. The number of amides is 1. The molecular formula is C14H19NO4. The summed E-state index contributed by atoms with van der Waals surface area (Å²) < 4.78 is 15.9. The highest BCUT2D eigenvalue weighted by atomic mass is 16.6. The van der Waals surface area contributed by atoms with Crippen LogP contribution >= 0.6 is 0 Å². The molecule has 0 fully saturated rings. The van der Waals surface area contributed by atoms with Crippen molar-refractivity contribution in [3.05, 3.63) is 23.3 Å². The van der Waals surface area contributed by atoms with Crippen molar-refractivity contribution in [3.63, 3.8) is 0 Å². The van der Waals surface area contributed by atoms with Gasteiger partial charge in [0.25, 0.3) is 5.91 Å². The van der Waals surface area contributed by atoms with Crippen LogP contribution in [0.15, 0.2) is 12.1 Å². The summed E-state index contributed by atoms with van der Waals surface area (Å²) in [5.74, 6) is 1.25. The van der Waals surface area contributed by atoms with Gasteiger partial charge in [0.15, 0.2) is 11.5 Å². The van der Waals surface area contributed by atoms with Gasteiger partial charge in [-0.2, -0.15) is 0 Å². The predicted octanol–water partition coefficient (Wildman–Crippen LogP) is 1.53. The molecule has 1 aromatic carbocycles. The summed E-state index contributed by atoms with van der Waals surface area (Å²) in [4.78, 5) is 12.1. The van der Waals surface area contributed by atoms with E-state index < -0.39 is 0 Å². The molecule has 1 aliphatic heterocycles. The zero-order valence-corrected chi connectivity index (χ0v) is 11.3. The van der Waals surface area contributed by atoms with E-state index in [-0.39, 0.29) is 5.91 Å². The zero-order valence-electron chi connectivity index (χ0n) is 11.3. The van der Waals surface area contributed by atoms with Gasteiger partial charge in [0.1, 0.15) is 13.2 Å². The first kappa shape index (κ1) is 13.7. The molecule has 5 heteroatoms. The first-order valence-electron chi connectivity index (χ1n) is 6.39. The van der Waals surface area contributed by atoms with Crippen molar-refractivity contribution in [2.75, 3.05) is 33.5 Å². The second-order valence-corrected chi connectivity index (χ2v) is 4.41. The lowest BCUT2D eigenvalue weighted by Crippen LogP contribution is -2.26. The lowest BCUT2D eigenvalue weighted by atomic mass is 10.1. The molecule has 0 saturated heterocycles. The number of aryl methyl sites for hydroxylation is 1. The maximum atomic E-state index is 12.1. The third-order valence-electron chi connectivity index (χ3n) is 2.94. The average molecular weight is 265 g/mol. The van der Waals surface area contributed by atoms with Crippen LogP contribution in [0.1, 0.15) is 22.3 Å². The molecule has 0 aromatic heterocycles. The maximum Gasteiger partial charge on any atom is 0.251 e. The van der Waals surface area contributed by atoms with Crippen molar-refractivity contribution in [1.82, 2.24) is 5.32 Å². The van der Waals surface area contributed by atoms with E-state index in [2.05, 4.69) is 5.32 Å². The molecule has 1 aromatic rings. The molecule has 0 bridgehead atoms. The Balaban J connectivity index is 2.04. The molecule has 0 atom stereocenters. The second-order valence-electron chi connectivity index (χ2n) is 4.41. The maximum absolute atomic E-state index is 12.1. The summed E-state index contributed by atoms with van der Waals surface area (Å²) in [6.07, 6.45) is 0.797. The highest BCUT2D eigenvalue weighted by Gasteiger charge is 2.17. The standard InChI is InChI=1S/C14H19NO4/c1-10-8-12-13(19-7-6-18-12)9-11(10)14(16)15-4-3-5-17-2/h8-9H,3-7H2,1-2H3,(H,15,16). The Morgan fingerprint density at radius 3 is 2.68 bits per heavy atom. The second kappa shape index (κ2) is 6.43. The third kappa shape index (κ3) is 3.38. The summed E-state index contributed by atoms with van der Waals surface area (Å²) in [5.41, 5.74) is 1.51. The Bertz CT molecular complexity index is 459. The van der Waals surface area contributed by atoms with E-state index in [1.165, 1.54) is 0 Å². The number of methoxy groups -OCH3 is 1. The Hall–Kier alpha value is -1.75. The monoisotopic (exact) mass is 265 g/mol. The van der Waals surface area contributed by atoms with Crippen molar-refractivity contribution >= 4 is 5.91 Å². The van der Waals surface area contributed by atoms with Gasteiger partial charge in [-0.3, -0.25) is 4.79 Å². The Morgan fingerprint density at radius 1 is 1.32 bits per heavy atom. The summed E-state index contributed by atoms with van der Waals surface area (Å²) in [6.45, 7) is 4.20. The molecule has 104 valence electrons. The minimum Gasteiger partial charge on any atom is -0.486 e. The molecule has 0 unspecified atom stereocenters. The minimum absolute atomic E-state index is 0.0921. The summed E-state index contributed by atoms with van der Waals surface area (Å²) >= 11 is 0. The summed E-state index contributed by atoms with van der Waals surface area (Å²) in [5, 5.41) is 2.87. The van der Waals surface area contributed by atoms with Gasteiger partial charge in [0.05, 0.1) is 0 Å². The van der Waals surface area contributed by atoms with Gasteiger partial charge in [0, 0.05) is 25.8 Å². The van der Waals surface area contributed by atoms with Crippen LogP contribution in [0, 0.1) is 6.92 Å². The normalized spacial score (nSPS) is 13.2. The molecule has 0 spiro atoms. The first-order valence-corrected chi connectivity index (χ1v) is 6.39. The van der Waals surface area contributed by atoms with Crippen LogP contribution in [-0.4, -0.2) is 39.4 Å². The van der Waals surface area contributed by atoms with E-state index in [1.54, 1.807) is 13.2 Å². The van der Waals surface area contributed by atoms with Crippen molar-refractivity contribution in [3.8, 4) is 11.5 Å². The van der Waals surface area contributed by atoms with Crippen LogP contribution in [0.2, 0.25) is 0 Å². The number of hydrogen-bond acceptors (Lipinski definition) is 4. The molecule has 0 saturated carbocycles. The van der Waals surface area contributed by atoms with Crippen LogP contribution in [0.5, 0.6) is 11.5 Å². The average Bonchev–Trinajstić information content (AvgIpc) is 2.42. The van der Waals surface area contributed by atoms with Crippen molar-refractivity contribution in [2.24, 2.45) is 0 Å². The molecule has 1 amide bonds. The fraction of sp³-hybridized carbons (Fsp3) is 0.500. The van der Waals surface area contributed by atoms with Crippen LogP contribution < -0.4 is 14.8 Å². The SMILES string of the molecule is COCCCNC(=O)c1cc2c(cc1C)OCCO2. The third-order valence-corrected chi connectivity index (χ3v) is 2.94. The van der Waals surface area contributed by atoms with Gasteiger partial charge >= 0.3 is 0 Å². The highest BCUT2D eigenvalue weighted by molar-refractivity contribution is 5.96. The van der Waals surface area contributed by atoms with Gasteiger partial charge in [-0.05, 0) is 31.0 Å². The Labute approximate surface area is 112 Å². The zero-order chi connectivity index (χ0) is 13.7. The number of nitrogens with one attached hydrogen (secondary N) is 1. The van der Waals surface area contributed by atoms with Crippen molar-refractivity contribution in [1.29, 1.82) is 0 Å². The minimum atomic E-state index is -0.0921. The molecule has 0 radical (unpaired) electrons. The number of benzene rings is 1. The van der Waals surface area contributed by atoms with Gasteiger partial charge in [-0.1, -0.05) is 0 Å². The van der Waals surface area contributed by atoms with Crippen LogP contribution in [0.4, 0.5) is 0 Å². The van der Waals surface area contributed by atoms with Crippen LogP contribution in [-0.2, 0) is 4.74 Å². The number of ether oxygens (including phenoxy) is 3. The van der Waals surface area contributed by atoms with Gasteiger partial charge in [0.2, 0.25) is 0 Å². The summed E-state index contributed by atoms with van der Waals surface area (Å²) in [7, 11) is 1.65. The lowest BCUT2D eigenvalue weighted by molar-refractivity contribution is 0.0946. The highest BCUT2D eigenvalue weighted by Crippen LogP contribution is 2.32. The van der Waals surface area contributed by atoms with Crippen molar-refractivity contribution in [2.45, 2.75) is 13.3 Å². The van der Waals surface area contributed by atoms with E-state index in [4.69, 9.17) is 14.2 Å². The number of carbonyl (C=O) groups is 1. The largest absolute Gasteiger partial charge is 0.486 e. The van der Waals surface area contributed by atoms with E-state index in [1.807, 2.05) is 13.0 Å². The van der Waals surface area contributed by atoms with Gasteiger partial charge < -0.3 is 19.5 Å². The molecule has 2 rings (SSSR count). The topological polar surface area (TPSA) is 56.8 Å². The Morgan fingerprint density at radius 2 is 2.00 bits per heavy atom.